The van der Waals surface area contributed by atoms with Crippen molar-refractivity contribution in [3.63, 3.8) is 0 Å². The Balaban J connectivity index is 2.12. The number of benzene rings is 1. The van der Waals surface area contributed by atoms with Gasteiger partial charge in [-0.15, -0.1) is 0 Å². The van der Waals surface area contributed by atoms with Gasteiger partial charge in [0.25, 0.3) is 0 Å². The molecule has 0 saturated carbocycles. The van der Waals surface area contributed by atoms with E-state index in [1.54, 1.807) is 7.11 Å². The topological polar surface area (TPSA) is 26.2 Å². The van der Waals surface area contributed by atoms with Crippen molar-refractivity contribution in [2.45, 2.75) is 20.4 Å². The van der Waals surface area contributed by atoms with Crippen LogP contribution in [0.1, 0.15) is 17.0 Å². The Bertz CT molecular complexity index is 590. The van der Waals surface area contributed by atoms with E-state index in [0.29, 0.717) is 10.8 Å². The summed E-state index contributed by atoms with van der Waals surface area (Å²) in [7, 11) is 3.70. The maximum Gasteiger partial charge on any atom is 0.139 e. The van der Waals surface area contributed by atoms with Crippen molar-refractivity contribution in [1.82, 2.24) is 4.57 Å². The lowest BCUT2D eigenvalue weighted by Gasteiger charge is -2.09. The van der Waals surface area contributed by atoms with Crippen LogP contribution in [0.3, 0.4) is 0 Å². The van der Waals surface area contributed by atoms with Gasteiger partial charge in [-0.3, -0.25) is 0 Å². The van der Waals surface area contributed by atoms with E-state index < -0.39 is 0 Å². The predicted octanol–water partition coefficient (Wildman–Crippen LogP) is 3.92. The van der Waals surface area contributed by atoms with Crippen molar-refractivity contribution in [3.8, 4) is 5.75 Å². The molecule has 0 fully saturated rings. The summed E-state index contributed by atoms with van der Waals surface area (Å²) < 4.78 is 7.40. The lowest BCUT2D eigenvalue weighted by atomic mass is 10.2. The Morgan fingerprint density at radius 1 is 1.26 bits per heavy atom. The Hall–Kier alpha value is -1.61. The largest absolute Gasteiger partial charge is 0.495 e. The normalized spacial score (nSPS) is 10.6. The number of halogens is 1. The van der Waals surface area contributed by atoms with E-state index in [1.807, 2.05) is 18.2 Å². The maximum atomic E-state index is 6.01. The Morgan fingerprint density at radius 3 is 2.58 bits per heavy atom. The molecule has 0 saturated heterocycles. The Kier molecular flexibility index (Phi) is 4.05. The van der Waals surface area contributed by atoms with E-state index >= 15 is 0 Å². The molecule has 3 nitrogen and oxygen atoms in total. The molecule has 0 radical (unpaired) electrons. The van der Waals surface area contributed by atoms with Crippen LogP contribution in [0.15, 0.2) is 24.3 Å². The summed E-state index contributed by atoms with van der Waals surface area (Å²) in [5.41, 5.74) is 4.85. The lowest BCUT2D eigenvalue weighted by Crippen LogP contribution is -2.01. The molecule has 19 heavy (non-hydrogen) atoms. The fraction of sp³-hybridized carbons (Fsp3) is 0.333. The maximum absolute atomic E-state index is 6.01. The van der Waals surface area contributed by atoms with E-state index in [1.165, 1.54) is 17.0 Å². The quantitative estimate of drug-likeness (QED) is 0.917. The predicted molar refractivity (Wildman–Crippen MR) is 80.2 cm³/mol. The van der Waals surface area contributed by atoms with Gasteiger partial charge >= 0.3 is 0 Å². The van der Waals surface area contributed by atoms with Crippen LogP contribution in [0.5, 0.6) is 5.75 Å². The second kappa shape index (κ2) is 5.57. The van der Waals surface area contributed by atoms with Gasteiger partial charge in [-0.1, -0.05) is 11.6 Å². The van der Waals surface area contributed by atoms with Crippen molar-refractivity contribution in [1.29, 1.82) is 0 Å². The molecule has 1 aromatic heterocycles. The first kappa shape index (κ1) is 13.8. The smallest absolute Gasteiger partial charge is 0.139 e. The molecule has 0 aliphatic rings. The minimum absolute atomic E-state index is 0.625. The summed E-state index contributed by atoms with van der Waals surface area (Å²) in [6.45, 7) is 5.03. The van der Waals surface area contributed by atoms with E-state index in [4.69, 9.17) is 16.3 Å². The Labute approximate surface area is 119 Å². The molecule has 2 rings (SSSR count). The zero-order chi connectivity index (χ0) is 14.0. The van der Waals surface area contributed by atoms with Crippen molar-refractivity contribution in [2.75, 3.05) is 12.4 Å². The molecule has 0 aliphatic carbocycles. The molecule has 2 aromatic rings. The minimum atomic E-state index is 0.625. The zero-order valence-electron chi connectivity index (χ0n) is 11.7. The van der Waals surface area contributed by atoms with Crippen LogP contribution < -0.4 is 10.1 Å². The molecule has 1 N–H and O–H groups in total. The highest BCUT2D eigenvalue weighted by Gasteiger charge is 2.06. The molecule has 0 unspecified atom stereocenters. The van der Waals surface area contributed by atoms with Gasteiger partial charge in [0.15, 0.2) is 0 Å². The fourth-order valence-corrected chi connectivity index (χ4v) is 2.27. The average molecular weight is 279 g/mol. The number of nitrogens with zero attached hydrogens (tertiary/aromatic N) is 1. The number of hydrogen-bond acceptors (Lipinski definition) is 2. The molecular formula is C15H19ClN2O. The number of anilines is 1. The third-order valence-corrected chi connectivity index (χ3v) is 3.83. The summed E-state index contributed by atoms with van der Waals surface area (Å²) in [5, 5.41) is 4.02. The highest BCUT2D eigenvalue weighted by Crippen LogP contribution is 2.27. The first-order valence-corrected chi connectivity index (χ1v) is 6.60. The summed E-state index contributed by atoms with van der Waals surface area (Å²) >= 11 is 6.01. The van der Waals surface area contributed by atoms with Crippen LogP contribution in [0.2, 0.25) is 5.02 Å². The minimum Gasteiger partial charge on any atom is -0.495 e. The van der Waals surface area contributed by atoms with Gasteiger partial charge < -0.3 is 14.6 Å². The fourth-order valence-electron chi connectivity index (χ4n) is 2.08. The van der Waals surface area contributed by atoms with Gasteiger partial charge in [0.05, 0.1) is 12.1 Å². The second-order valence-electron chi connectivity index (χ2n) is 4.66. The third-order valence-electron chi connectivity index (χ3n) is 3.51. The SMILES string of the molecule is COc1cc(NCc2cc(C)n(C)c2C)ccc1Cl. The summed E-state index contributed by atoms with van der Waals surface area (Å²) in [5.74, 6) is 0.688. The average Bonchev–Trinajstić information content (AvgIpc) is 2.65. The molecule has 0 spiro atoms. The van der Waals surface area contributed by atoms with Gasteiger partial charge in [0, 0.05) is 36.7 Å². The summed E-state index contributed by atoms with van der Waals surface area (Å²) in [4.78, 5) is 0. The third kappa shape index (κ3) is 2.87. The van der Waals surface area contributed by atoms with Crippen LogP contribution in [0.4, 0.5) is 5.69 Å². The van der Waals surface area contributed by atoms with Gasteiger partial charge in [0.2, 0.25) is 0 Å². The van der Waals surface area contributed by atoms with E-state index in [2.05, 4.69) is 36.8 Å². The summed E-state index contributed by atoms with van der Waals surface area (Å²) in [6.07, 6.45) is 0. The number of rotatable bonds is 4. The molecule has 102 valence electrons. The molecule has 0 aliphatic heterocycles. The number of nitrogens with one attached hydrogen (secondary N) is 1. The van der Waals surface area contributed by atoms with Gasteiger partial charge in [-0.05, 0) is 37.6 Å². The standard InChI is InChI=1S/C15H19ClN2O/c1-10-7-12(11(2)18(10)3)9-17-13-5-6-14(16)15(8-13)19-4/h5-8,17H,9H2,1-4H3. The highest BCUT2D eigenvalue weighted by atomic mass is 35.5. The van der Waals surface area contributed by atoms with Crippen molar-refractivity contribution in [3.05, 3.63) is 46.2 Å². The molecular weight excluding hydrogens is 260 g/mol. The molecule has 0 bridgehead atoms. The van der Waals surface area contributed by atoms with Crippen molar-refractivity contribution in [2.24, 2.45) is 7.05 Å². The Morgan fingerprint density at radius 2 is 2.00 bits per heavy atom. The molecule has 4 heteroatoms. The van der Waals surface area contributed by atoms with Crippen LogP contribution in [0, 0.1) is 13.8 Å². The molecule has 0 amide bonds. The van der Waals surface area contributed by atoms with Crippen LogP contribution in [-0.4, -0.2) is 11.7 Å². The van der Waals surface area contributed by atoms with E-state index in [0.717, 1.165) is 12.2 Å². The number of hydrogen-bond donors (Lipinski definition) is 1. The number of aromatic nitrogens is 1. The van der Waals surface area contributed by atoms with Gasteiger partial charge in [-0.2, -0.15) is 0 Å². The lowest BCUT2D eigenvalue weighted by molar-refractivity contribution is 0.415. The van der Waals surface area contributed by atoms with Gasteiger partial charge in [-0.25, -0.2) is 0 Å². The number of methoxy groups -OCH3 is 1. The molecule has 0 atom stereocenters. The van der Waals surface area contributed by atoms with Crippen LogP contribution >= 0.6 is 11.6 Å². The van der Waals surface area contributed by atoms with Crippen LogP contribution in [0.25, 0.3) is 0 Å². The van der Waals surface area contributed by atoms with Gasteiger partial charge in [0.1, 0.15) is 5.75 Å². The van der Waals surface area contributed by atoms with E-state index in [-0.39, 0.29) is 0 Å². The second-order valence-corrected chi connectivity index (χ2v) is 5.07. The first-order chi connectivity index (χ1) is 9.02. The molecule has 1 heterocycles. The first-order valence-electron chi connectivity index (χ1n) is 6.22. The molecule has 1 aromatic carbocycles. The summed E-state index contributed by atoms with van der Waals surface area (Å²) in [6, 6.07) is 7.91. The van der Waals surface area contributed by atoms with Crippen LogP contribution in [-0.2, 0) is 13.6 Å². The van der Waals surface area contributed by atoms with Crippen molar-refractivity contribution >= 4 is 17.3 Å². The zero-order valence-corrected chi connectivity index (χ0v) is 12.5. The highest BCUT2D eigenvalue weighted by molar-refractivity contribution is 6.32. The number of ether oxygens (including phenoxy) is 1. The van der Waals surface area contributed by atoms with E-state index in [9.17, 15) is 0 Å². The monoisotopic (exact) mass is 278 g/mol. The number of aryl methyl sites for hydroxylation is 1. The van der Waals surface area contributed by atoms with Crippen molar-refractivity contribution < 1.29 is 4.74 Å².